The predicted molar refractivity (Wildman–Crippen MR) is 150 cm³/mol. The first-order valence-electron chi connectivity index (χ1n) is 11.7. The molecule has 0 saturated carbocycles. The molecule has 180 valence electrons. The van der Waals surface area contributed by atoms with Gasteiger partial charge in [-0.25, -0.2) is 9.97 Å². The molecule has 0 bridgehead atoms. The maximum Gasteiger partial charge on any atom is 0.162 e. The molecule has 5 aromatic rings. The number of aromatic nitrogens is 4. The van der Waals surface area contributed by atoms with Crippen LogP contribution in [0.2, 0.25) is 0 Å². The minimum atomic E-state index is -0.0719. The van der Waals surface area contributed by atoms with Gasteiger partial charge >= 0.3 is 0 Å². The van der Waals surface area contributed by atoms with E-state index < -0.39 is 0 Å². The molecule has 3 aromatic heterocycles. The van der Waals surface area contributed by atoms with Crippen molar-refractivity contribution in [3.63, 3.8) is 0 Å². The van der Waals surface area contributed by atoms with E-state index >= 15 is 0 Å². The number of benzene rings is 2. The predicted octanol–water partition coefficient (Wildman–Crippen LogP) is 5.43. The summed E-state index contributed by atoms with van der Waals surface area (Å²) in [6.45, 7) is 0.571. The molecule has 0 aliphatic carbocycles. The van der Waals surface area contributed by atoms with E-state index in [1.807, 2.05) is 60.9 Å². The Morgan fingerprint density at radius 1 is 0.889 bits per heavy atom. The molecule has 3 heterocycles. The second kappa shape index (κ2) is 11.2. The summed E-state index contributed by atoms with van der Waals surface area (Å²) in [5.41, 5.74) is 12.1. The molecule has 0 aliphatic rings. The monoisotopic (exact) mass is 493 g/mol. The molecule has 0 saturated heterocycles. The van der Waals surface area contributed by atoms with Crippen LogP contribution in [0.5, 0.6) is 0 Å². The molecule has 1 atom stereocenters. The fourth-order valence-electron chi connectivity index (χ4n) is 4.10. The molecular formula is C28H27N7S. The molecule has 0 amide bonds. The van der Waals surface area contributed by atoms with Crippen molar-refractivity contribution >= 4 is 34.4 Å². The zero-order valence-electron chi connectivity index (χ0n) is 19.9. The van der Waals surface area contributed by atoms with Crippen LogP contribution < -0.4 is 15.8 Å². The van der Waals surface area contributed by atoms with E-state index in [1.165, 1.54) is 5.56 Å². The molecule has 4 N–H and O–H groups in total. The first-order chi connectivity index (χ1) is 17.7. The third-order valence-electron chi connectivity index (χ3n) is 5.78. The molecule has 5 rings (SSSR count). The number of nitrogens with one attached hydrogen (secondary N) is 2. The summed E-state index contributed by atoms with van der Waals surface area (Å²) < 4.78 is 3.29. The van der Waals surface area contributed by atoms with E-state index in [0.717, 1.165) is 45.6 Å². The van der Waals surface area contributed by atoms with Crippen LogP contribution in [0.25, 0.3) is 33.5 Å². The van der Waals surface area contributed by atoms with Gasteiger partial charge in [-0.1, -0.05) is 54.4 Å². The Morgan fingerprint density at radius 2 is 1.72 bits per heavy atom. The van der Waals surface area contributed by atoms with Gasteiger partial charge in [-0.3, -0.25) is 9.97 Å². The van der Waals surface area contributed by atoms with Gasteiger partial charge in [0.1, 0.15) is 11.3 Å². The maximum absolute atomic E-state index is 6.48. The van der Waals surface area contributed by atoms with Crippen molar-refractivity contribution < 1.29 is 0 Å². The zero-order chi connectivity index (χ0) is 24.7. The number of hydrogen-bond acceptors (Lipinski definition) is 8. The zero-order valence-corrected chi connectivity index (χ0v) is 20.7. The van der Waals surface area contributed by atoms with Crippen molar-refractivity contribution in [1.29, 1.82) is 0 Å². The smallest absolute Gasteiger partial charge is 0.162 e. The molecule has 2 aromatic carbocycles. The maximum atomic E-state index is 6.48. The average Bonchev–Trinajstić information content (AvgIpc) is 2.92. The lowest BCUT2D eigenvalue weighted by atomic mass is 10.1. The molecule has 8 heteroatoms. The van der Waals surface area contributed by atoms with Crippen LogP contribution in [0.1, 0.15) is 5.56 Å². The van der Waals surface area contributed by atoms with Crippen LogP contribution >= 0.6 is 11.9 Å². The second-order valence-corrected chi connectivity index (χ2v) is 9.02. The summed E-state index contributed by atoms with van der Waals surface area (Å²) in [5.74, 6) is 1.34. The fraction of sp³-hybridized carbons (Fsp3) is 0.143. The standard InChI is InChI=1S/C28H27N7S/c1-36-35-23-9-5-8-21(17-23)25-26-24(12-15-31-25)28(34-27(33-26)20-10-13-30-14-11-20)32-18-22(29)16-19-6-3-2-4-7-19/h2-15,17,22,35H,16,18,29H2,1H3,(H,32,33,34). The molecule has 1 unspecified atom stereocenters. The third kappa shape index (κ3) is 5.45. The summed E-state index contributed by atoms with van der Waals surface area (Å²) in [5, 5.41) is 4.39. The van der Waals surface area contributed by atoms with Gasteiger partial charge in [0.2, 0.25) is 0 Å². The SMILES string of the molecule is CSNc1cccc(-c2nccc3c(NCC(N)Cc4ccccc4)nc(-c4ccncc4)nc23)c1. The molecule has 0 aliphatic heterocycles. The Kier molecular flexibility index (Phi) is 7.35. The molecular weight excluding hydrogens is 466 g/mol. The van der Waals surface area contributed by atoms with Crippen molar-refractivity contribution in [2.24, 2.45) is 5.73 Å². The highest BCUT2D eigenvalue weighted by Crippen LogP contribution is 2.32. The summed E-state index contributed by atoms with van der Waals surface area (Å²) >= 11 is 1.55. The fourth-order valence-corrected chi connectivity index (χ4v) is 4.46. The Bertz CT molecular complexity index is 1450. The van der Waals surface area contributed by atoms with Gasteiger partial charge in [-0.15, -0.1) is 0 Å². The Balaban J connectivity index is 1.55. The van der Waals surface area contributed by atoms with Crippen LogP contribution in [0, 0.1) is 0 Å². The highest BCUT2D eigenvalue weighted by atomic mass is 32.2. The van der Waals surface area contributed by atoms with Crippen LogP contribution in [0.3, 0.4) is 0 Å². The highest BCUT2D eigenvalue weighted by Gasteiger charge is 2.16. The van der Waals surface area contributed by atoms with Crippen molar-refractivity contribution in [1.82, 2.24) is 19.9 Å². The summed E-state index contributed by atoms with van der Waals surface area (Å²) in [6.07, 6.45) is 8.06. The average molecular weight is 494 g/mol. The van der Waals surface area contributed by atoms with Crippen LogP contribution in [0.15, 0.2) is 91.4 Å². The number of anilines is 2. The van der Waals surface area contributed by atoms with E-state index in [1.54, 1.807) is 30.5 Å². The number of hydrogen-bond donors (Lipinski definition) is 3. The van der Waals surface area contributed by atoms with Gasteiger partial charge in [0.05, 0.1) is 5.69 Å². The third-order valence-corrected chi connectivity index (χ3v) is 6.22. The number of fused-ring (bicyclic) bond motifs is 1. The van der Waals surface area contributed by atoms with Crippen molar-refractivity contribution in [3.05, 3.63) is 97.0 Å². The Morgan fingerprint density at radius 3 is 2.53 bits per heavy atom. The highest BCUT2D eigenvalue weighted by molar-refractivity contribution is 7.99. The molecule has 0 spiro atoms. The molecule has 0 fully saturated rings. The Hall–Kier alpha value is -4.01. The van der Waals surface area contributed by atoms with Gasteiger partial charge < -0.3 is 15.8 Å². The molecule has 36 heavy (non-hydrogen) atoms. The Labute approximate surface area is 214 Å². The van der Waals surface area contributed by atoms with Crippen molar-refractivity contribution in [2.45, 2.75) is 12.5 Å². The summed E-state index contributed by atoms with van der Waals surface area (Å²) in [4.78, 5) is 18.7. The summed E-state index contributed by atoms with van der Waals surface area (Å²) in [6, 6.07) is 24.1. The van der Waals surface area contributed by atoms with Crippen LogP contribution in [-0.4, -0.2) is 38.8 Å². The minimum absolute atomic E-state index is 0.0719. The van der Waals surface area contributed by atoms with E-state index in [0.29, 0.717) is 12.4 Å². The number of nitrogens with zero attached hydrogens (tertiary/aromatic N) is 4. The van der Waals surface area contributed by atoms with E-state index in [-0.39, 0.29) is 6.04 Å². The first kappa shape index (κ1) is 23.7. The van der Waals surface area contributed by atoms with Gasteiger partial charge in [0, 0.05) is 59.6 Å². The number of nitrogens with two attached hydrogens (primary N) is 1. The largest absolute Gasteiger partial charge is 0.368 e. The van der Waals surface area contributed by atoms with Crippen molar-refractivity contribution in [2.75, 3.05) is 22.8 Å². The normalized spacial score (nSPS) is 11.8. The van der Waals surface area contributed by atoms with Gasteiger partial charge in [-0.2, -0.15) is 0 Å². The van der Waals surface area contributed by atoms with Crippen molar-refractivity contribution in [3.8, 4) is 22.6 Å². The lowest BCUT2D eigenvalue weighted by Gasteiger charge is -2.16. The lowest BCUT2D eigenvalue weighted by Crippen LogP contribution is -2.31. The topological polar surface area (TPSA) is 102 Å². The quantitative estimate of drug-likeness (QED) is 0.234. The van der Waals surface area contributed by atoms with Gasteiger partial charge in [-0.05, 0) is 42.3 Å². The van der Waals surface area contributed by atoms with Crippen LogP contribution in [0.4, 0.5) is 11.5 Å². The van der Waals surface area contributed by atoms with E-state index in [9.17, 15) is 0 Å². The molecule has 7 nitrogen and oxygen atoms in total. The molecule has 0 radical (unpaired) electrons. The number of pyridine rings is 2. The van der Waals surface area contributed by atoms with Gasteiger partial charge in [0.15, 0.2) is 5.82 Å². The minimum Gasteiger partial charge on any atom is -0.368 e. The first-order valence-corrected chi connectivity index (χ1v) is 12.9. The van der Waals surface area contributed by atoms with E-state index in [4.69, 9.17) is 20.7 Å². The van der Waals surface area contributed by atoms with Crippen LogP contribution in [-0.2, 0) is 6.42 Å². The van der Waals surface area contributed by atoms with E-state index in [2.05, 4.69) is 33.2 Å². The van der Waals surface area contributed by atoms with Gasteiger partial charge in [0.25, 0.3) is 0 Å². The lowest BCUT2D eigenvalue weighted by molar-refractivity contribution is 0.698. The second-order valence-electron chi connectivity index (χ2n) is 8.41. The number of rotatable bonds is 9. The summed E-state index contributed by atoms with van der Waals surface area (Å²) in [7, 11) is 0.